The van der Waals surface area contributed by atoms with Gasteiger partial charge in [0, 0.05) is 22.3 Å². The van der Waals surface area contributed by atoms with Gasteiger partial charge in [-0.25, -0.2) is 0 Å². The zero-order valence-electron chi connectivity index (χ0n) is 8.48. The minimum Gasteiger partial charge on any atom is -0.306 e. The topological polar surface area (TPSA) is 12.0 Å². The first-order valence-corrected chi connectivity index (χ1v) is 6.48. The molecule has 3 heteroatoms. The summed E-state index contributed by atoms with van der Waals surface area (Å²) in [5, 5.41) is 6.53. The molecule has 0 aliphatic heterocycles. The third kappa shape index (κ3) is 2.13. The highest BCUT2D eigenvalue weighted by Crippen LogP contribution is 2.35. The molecule has 1 heterocycles. The lowest BCUT2D eigenvalue weighted by atomic mass is 9.75. The molecule has 0 aromatic carbocycles. The molecule has 0 atom stereocenters. The van der Waals surface area contributed by atoms with E-state index in [0.717, 1.165) is 11.6 Å². The van der Waals surface area contributed by atoms with Crippen LogP contribution in [0.5, 0.6) is 0 Å². The lowest BCUT2D eigenvalue weighted by Crippen LogP contribution is -2.49. The van der Waals surface area contributed by atoms with Gasteiger partial charge in [-0.15, -0.1) is 11.3 Å². The Morgan fingerprint density at radius 1 is 1.57 bits per heavy atom. The molecule has 2 rings (SSSR count). The number of thiophene rings is 1. The van der Waals surface area contributed by atoms with Gasteiger partial charge in [-0.1, -0.05) is 18.5 Å². The van der Waals surface area contributed by atoms with Gasteiger partial charge in [0.1, 0.15) is 0 Å². The van der Waals surface area contributed by atoms with E-state index in [2.05, 4.69) is 18.3 Å². The Kier molecular flexibility index (Phi) is 3.15. The average Bonchev–Trinajstić information content (AvgIpc) is 2.50. The van der Waals surface area contributed by atoms with Crippen LogP contribution in [0.2, 0.25) is 5.02 Å². The van der Waals surface area contributed by atoms with Crippen LogP contribution in [-0.2, 0) is 6.54 Å². The van der Waals surface area contributed by atoms with Crippen LogP contribution in [-0.4, -0.2) is 5.54 Å². The first kappa shape index (κ1) is 10.5. The van der Waals surface area contributed by atoms with E-state index in [-0.39, 0.29) is 0 Å². The predicted octanol–water partition coefficient (Wildman–Crippen LogP) is 3.82. The van der Waals surface area contributed by atoms with E-state index in [9.17, 15) is 0 Å². The minimum absolute atomic E-state index is 0.441. The van der Waals surface area contributed by atoms with Crippen molar-refractivity contribution in [2.24, 2.45) is 0 Å². The van der Waals surface area contributed by atoms with Gasteiger partial charge in [0.2, 0.25) is 0 Å². The van der Waals surface area contributed by atoms with Gasteiger partial charge in [0.05, 0.1) is 5.02 Å². The highest BCUT2D eigenvalue weighted by atomic mass is 35.5. The summed E-state index contributed by atoms with van der Waals surface area (Å²) in [6.45, 7) is 3.25. The SMILES string of the molecule is CCC1(NCc2cc(Cl)cs2)CCC1. The van der Waals surface area contributed by atoms with Crippen LogP contribution in [0.25, 0.3) is 0 Å². The quantitative estimate of drug-likeness (QED) is 0.828. The number of halogens is 1. The zero-order valence-corrected chi connectivity index (χ0v) is 10.0. The number of nitrogens with one attached hydrogen (secondary N) is 1. The molecular formula is C11H16ClNS. The summed E-state index contributed by atoms with van der Waals surface area (Å²) >= 11 is 7.62. The smallest absolute Gasteiger partial charge is 0.0516 e. The van der Waals surface area contributed by atoms with E-state index in [1.165, 1.54) is 30.6 Å². The van der Waals surface area contributed by atoms with Gasteiger partial charge >= 0.3 is 0 Å². The maximum absolute atomic E-state index is 5.87. The monoisotopic (exact) mass is 229 g/mol. The lowest BCUT2D eigenvalue weighted by Gasteiger charge is -2.42. The first-order valence-electron chi connectivity index (χ1n) is 5.22. The summed E-state index contributed by atoms with van der Waals surface area (Å²) in [4.78, 5) is 1.34. The van der Waals surface area contributed by atoms with Crippen molar-refractivity contribution in [1.82, 2.24) is 5.32 Å². The lowest BCUT2D eigenvalue weighted by molar-refractivity contribution is 0.176. The second-order valence-electron chi connectivity index (χ2n) is 4.07. The fraction of sp³-hybridized carbons (Fsp3) is 0.636. The van der Waals surface area contributed by atoms with E-state index in [1.807, 2.05) is 5.38 Å². The van der Waals surface area contributed by atoms with Gasteiger partial charge in [0.25, 0.3) is 0 Å². The van der Waals surface area contributed by atoms with Gasteiger partial charge in [-0.05, 0) is 31.7 Å². The fourth-order valence-electron chi connectivity index (χ4n) is 1.98. The molecule has 14 heavy (non-hydrogen) atoms. The van der Waals surface area contributed by atoms with Gasteiger partial charge in [-0.3, -0.25) is 0 Å². The molecule has 0 spiro atoms. The molecule has 1 saturated carbocycles. The van der Waals surface area contributed by atoms with Crippen LogP contribution in [0.15, 0.2) is 11.4 Å². The van der Waals surface area contributed by atoms with Crippen molar-refractivity contribution in [2.75, 3.05) is 0 Å². The maximum Gasteiger partial charge on any atom is 0.0516 e. The Morgan fingerprint density at radius 2 is 2.36 bits per heavy atom. The molecule has 0 bridgehead atoms. The zero-order chi connectivity index (χ0) is 10.0. The number of hydrogen-bond donors (Lipinski definition) is 1. The molecule has 1 nitrogen and oxygen atoms in total. The Balaban J connectivity index is 1.87. The number of rotatable bonds is 4. The molecule has 1 fully saturated rings. The number of hydrogen-bond acceptors (Lipinski definition) is 2. The third-order valence-corrected chi connectivity index (χ3v) is 4.53. The fourth-order valence-corrected chi connectivity index (χ4v) is 2.99. The first-order chi connectivity index (χ1) is 6.74. The van der Waals surface area contributed by atoms with Crippen LogP contribution in [0.4, 0.5) is 0 Å². The molecule has 1 aromatic rings. The average molecular weight is 230 g/mol. The standard InChI is InChI=1S/C11H16ClNS/c1-2-11(4-3-5-11)13-7-10-6-9(12)8-14-10/h6,8,13H,2-5,7H2,1H3. The molecule has 0 saturated heterocycles. The van der Waals surface area contributed by atoms with Gasteiger partial charge in [-0.2, -0.15) is 0 Å². The van der Waals surface area contributed by atoms with E-state index >= 15 is 0 Å². The highest BCUT2D eigenvalue weighted by molar-refractivity contribution is 7.10. The largest absolute Gasteiger partial charge is 0.306 e. The summed E-state index contributed by atoms with van der Waals surface area (Å²) in [5.74, 6) is 0. The minimum atomic E-state index is 0.441. The molecular weight excluding hydrogens is 214 g/mol. The second kappa shape index (κ2) is 4.21. The van der Waals surface area contributed by atoms with Crippen LogP contribution < -0.4 is 5.32 Å². The van der Waals surface area contributed by atoms with E-state index in [0.29, 0.717) is 5.54 Å². The maximum atomic E-state index is 5.87. The van der Waals surface area contributed by atoms with E-state index in [1.54, 1.807) is 11.3 Å². The molecule has 1 aromatic heterocycles. The summed E-state index contributed by atoms with van der Waals surface area (Å²) in [7, 11) is 0. The van der Waals surface area contributed by atoms with Crippen LogP contribution in [0, 0.1) is 0 Å². The highest BCUT2D eigenvalue weighted by Gasteiger charge is 2.34. The van der Waals surface area contributed by atoms with E-state index in [4.69, 9.17) is 11.6 Å². The summed E-state index contributed by atoms with van der Waals surface area (Å²) < 4.78 is 0. The van der Waals surface area contributed by atoms with Crippen LogP contribution >= 0.6 is 22.9 Å². The van der Waals surface area contributed by atoms with Crippen molar-refractivity contribution in [1.29, 1.82) is 0 Å². The Hall–Kier alpha value is -0.0500. The predicted molar refractivity (Wildman–Crippen MR) is 63.0 cm³/mol. The third-order valence-electron chi connectivity index (χ3n) is 3.25. The molecule has 1 aliphatic rings. The van der Waals surface area contributed by atoms with Crippen molar-refractivity contribution < 1.29 is 0 Å². The molecule has 78 valence electrons. The Labute approximate surface area is 94.5 Å². The Bertz CT molecular complexity index is 298. The van der Waals surface area contributed by atoms with Crippen molar-refractivity contribution in [2.45, 2.75) is 44.7 Å². The van der Waals surface area contributed by atoms with Crippen LogP contribution in [0.1, 0.15) is 37.5 Å². The second-order valence-corrected chi connectivity index (χ2v) is 5.50. The van der Waals surface area contributed by atoms with Gasteiger partial charge in [0.15, 0.2) is 0 Å². The van der Waals surface area contributed by atoms with Gasteiger partial charge < -0.3 is 5.32 Å². The molecule has 1 N–H and O–H groups in total. The summed E-state index contributed by atoms with van der Waals surface area (Å²) in [5.41, 5.74) is 0.441. The van der Waals surface area contributed by atoms with E-state index < -0.39 is 0 Å². The normalized spacial score (nSPS) is 19.3. The summed E-state index contributed by atoms with van der Waals surface area (Å²) in [6, 6.07) is 2.06. The Morgan fingerprint density at radius 3 is 2.79 bits per heavy atom. The molecule has 0 radical (unpaired) electrons. The van der Waals surface area contributed by atoms with Crippen LogP contribution in [0.3, 0.4) is 0 Å². The van der Waals surface area contributed by atoms with Crippen molar-refractivity contribution in [3.05, 3.63) is 21.3 Å². The molecule has 1 aliphatic carbocycles. The van der Waals surface area contributed by atoms with Crippen molar-refractivity contribution in [3.8, 4) is 0 Å². The summed E-state index contributed by atoms with van der Waals surface area (Å²) in [6.07, 6.45) is 5.29. The molecule has 0 unspecified atom stereocenters. The van der Waals surface area contributed by atoms with Crippen molar-refractivity contribution >= 4 is 22.9 Å². The molecule has 0 amide bonds. The van der Waals surface area contributed by atoms with Crippen molar-refractivity contribution in [3.63, 3.8) is 0 Å².